The average Bonchev–Trinajstić information content (AvgIpc) is 2.97. The lowest BCUT2D eigenvalue weighted by atomic mass is 9.93. The summed E-state index contributed by atoms with van der Waals surface area (Å²) in [5.74, 6) is -0.542. The molecular weight excluding hydrogens is 589 g/mol. The van der Waals surface area contributed by atoms with Gasteiger partial charge in [-0.25, -0.2) is 4.57 Å². The number of aliphatic carboxylic acids is 1. The van der Waals surface area contributed by atoms with Crippen LogP contribution < -0.4 is 24.3 Å². The number of benzene rings is 2. The summed E-state index contributed by atoms with van der Waals surface area (Å²) in [6.45, 7) is 2.74. The van der Waals surface area contributed by atoms with Gasteiger partial charge in [0, 0.05) is 11.7 Å². The van der Waals surface area contributed by atoms with Crippen molar-refractivity contribution in [2.75, 3.05) is 25.7 Å². The van der Waals surface area contributed by atoms with Crippen molar-refractivity contribution in [3.05, 3.63) is 48.0 Å². The largest absolute Gasteiger partial charge is 0.585 e. The average molecular weight is 640 g/mol. The highest BCUT2D eigenvalue weighted by molar-refractivity contribution is 7.98. The minimum absolute atomic E-state index is 0.00448. The van der Waals surface area contributed by atoms with Crippen molar-refractivity contribution in [1.29, 1.82) is 0 Å². The molecule has 0 fully saturated rings. The molecule has 0 aromatic heterocycles. The molecule has 2 rings (SSSR count). The van der Waals surface area contributed by atoms with Crippen LogP contribution in [-0.2, 0) is 9.36 Å². The van der Waals surface area contributed by atoms with Gasteiger partial charge >= 0.3 is 13.8 Å². The van der Waals surface area contributed by atoms with Crippen LogP contribution >= 0.6 is 19.6 Å². The molecule has 0 aliphatic rings. The first kappa shape index (κ1) is 36.8. The molecule has 0 bridgehead atoms. The summed E-state index contributed by atoms with van der Waals surface area (Å²) >= 11 is 1.45. The van der Waals surface area contributed by atoms with Crippen LogP contribution in [0.25, 0.3) is 0 Å². The van der Waals surface area contributed by atoms with Gasteiger partial charge in [-0.15, -0.1) is 0 Å². The third kappa shape index (κ3) is 13.8. The summed E-state index contributed by atoms with van der Waals surface area (Å²) in [5.41, 5.74) is 6.47. The van der Waals surface area contributed by atoms with E-state index in [9.17, 15) is 19.4 Å². The van der Waals surface area contributed by atoms with Crippen LogP contribution in [0.5, 0.6) is 23.0 Å². The normalized spacial score (nSPS) is 14.0. The van der Waals surface area contributed by atoms with Gasteiger partial charge in [-0.1, -0.05) is 95.8 Å². The van der Waals surface area contributed by atoms with Gasteiger partial charge in [0.15, 0.2) is 11.5 Å². The number of ether oxygens (including phenoxy) is 2. The maximum absolute atomic E-state index is 13.0. The first-order valence-electron chi connectivity index (χ1n) is 15.3. The Morgan fingerprint density at radius 3 is 2.07 bits per heavy atom. The van der Waals surface area contributed by atoms with Gasteiger partial charge in [-0.2, -0.15) is 11.8 Å². The van der Waals surface area contributed by atoms with E-state index in [2.05, 4.69) is 6.92 Å². The van der Waals surface area contributed by atoms with Crippen LogP contribution in [0, 0.1) is 0 Å². The lowest BCUT2D eigenvalue weighted by molar-refractivity contribution is -0.138. The van der Waals surface area contributed by atoms with E-state index in [0.29, 0.717) is 23.7 Å². The van der Waals surface area contributed by atoms with Crippen LogP contribution in [0.15, 0.2) is 42.5 Å². The van der Waals surface area contributed by atoms with Crippen molar-refractivity contribution in [2.45, 2.75) is 95.9 Å². The second-order valence-corrected chi connectivity index (χ2v) is 12.9. The number of para-hydroxylation sites is 1. The van der Waals surface area contributed by atoms with Crippen LogP contribution in [0.2, 0.25) is 0 Å². The minimum atomic E-state index is -4.65. The lowest BCUT2D eigenvalue weighted by Gasteiger charge is -2.21. The molecule has 3 unspecified atom stereocenters. The molecule has 2 aromatic carbocycles. The lowest BCUT2D eigenvalue weighted by Crippen LogP contribution is -2.37. The van der Waals surface area contributed by atoms with E-state index in [4.69, 9.17) is 24.3 Å². The van der Waals surface area contributed by atoms with Crippen LogP contribution in [0.4, 0.5) is 0 Å². The molecule has 43 heavy (non-hydrogen) atoms. The summed E-state index contributed by atoms with van der Waals surface area (Å²) in [7, 11) is -3.22. The molecule has 0 saturated carbocycles. The van der Waals surface area contributed by atoms with Gasteiger partial charge in [0.05, 0.1) is 13.7 Å². The molecule has 2 aromatic rings. The number of methoxy groups -OCH3 is 1. The number of unbranched alkanes of at least 4 members (excludes halogenated alkanes) is 11. The topological polar surface area (TPSA) is 138 Å². The fourth-order valence-electron chi connectivity index (χ4n) is 4.84. The highest BCUT2D eigenvalue weighted by atomic mass is 32.2. The minimum Gasteiger partial charge on any atom is -0.490 e. The zero-order valence-electron chi connectivity index (χ0n) is 25.9. The monoisotopic (exact) mass is 639 g/mol. The predicted octanol–water partition coefficient (Wildman–Crippen LogP) is 8.19. The van der Waals surface area contributed by atoms with E-state index in [1.807, 2.05) is 6.26 Å². The highest BCUT2D eigenvalue weighted by Crippen LogP contribution is 2.49. The van der Waals surface area contributed by atoms with Crippen LogP contribution in [0.1, 0.15) is 95.5 Å². The Kier molecular flexibility index (Phi) is 17.6. The van der Waals surface area contributed by atoms with E-state index < -0.39 is 25.8 Å². The Morgan fingerprint density at radius 1 is 0.907 bits per heavy atom. The maximum Gasteiger partial charge on any atom is 0.585 e. The molecule has 242 valence electrons. The number of nitrogens with two attached hydrogens (primary N) is 1. The van der Waals surface area contributed by atoms with E-state index in [1.165, 1.54) is 101 Å². The van der Waals surface area contributed by atoms with E-state index in [-0.39, 0.29) is 17.2 Å². The summed E-state index contributed by atoms with van der Waals surface area (Å²) < 4.78 is 35.0. The molecule has 9 nitrogen and oxygen atoms in total. The molecule has 0 aliphatic carbocycles. The quantitative estimate of drug-likeness (QED) is 0.0761. The number of rotatable bonds is 24. The molecule has 4 N–H and O–H groups in total. The molecule has 0 radical (unpaired) electrons. The molecule has 0 heterocycles. The summed E-state index contributed by atoms with van der Waals surface area (Å²) in [6, 6.07) is 10.0. The molecule has 0 amide bonds. The number of carboxylic acids is 1. The van der Waals surface area contributed by atoms with Gasteiger partial charge in [0.25, 0.3) is 0 Å². The second kappa shape index (κ2) is 20.5. The Bertz CT molecular complexity index is 1130. The van der Waals surface area contributed by atoms with Crippen molar-refractivity contribution in [1.82, 2.24) is 0 Å². The summed E-state index contributed by atoms with van der Waals surface area (Å²) in [5, 5.41) is 9.39. The number of carboxylic acid groups (broad SMARTS) is 1. The molecular formula is C32H50NO8PS. The predicted molar refractivity (Wildman–Crippen MR) is 174 cm³/mol. The van der Waals surface area contributed by atoms with Gasteiger partial charge in [-0.05, 0) is 42.5 Å². The number of thioether (sulfide) groups is 1. The third-order valence-electron chi connectivity index (χ3n) is 7.19. The van der Waals surface area contributed by atoms with E-state index in [0.717, 1.165) is 12.8 Å². The standard InChI is InChI=1S/C32H50NO8PS/c1-4-5-6-7-8-9-10-11-12-13-14-15-22-39-28-20-17-21-29(31(28)38-2)41-42(36,37)40-26-19-16-18-25(23-26)27(24-43-3)30(33)32(34)35/h16-21,23,27,30H,4-15,22,24,33H2,1-3H3,(H,34,35)(H,36,37). The SMILES string of the molecule is CCCCCCCCCCCCCCOc1cccc(OP(=O)(O)Oc2cccc(C(CSC)C(N)C(=O)O)c2)c1OC. The first-order chi connectivity index (χ1) is 20.7. The molecule has 0 saturated heterocycles. The van der Waals surface area contributed by atoms with Gasteiger partial charge in [0.2, 0.25) is 5.75 Å². The fraction of sp³-hybridized carbons (Fsp3) is 0.594. The number of hydrogen-bond donors (Lipinski definition) is 3. The number of phosphoric acid groups is 1. The van der Waals surface area contributed by atoms with Crippen LogP contribution in [-0.4, -0.2) is 47.7 Å². The molecule has 3 atom stereocenters. The second-order valence-electron chi connectivity index (χ2n) is 10.7. The summed E-state index contributed by atoms with van der Waals surface area (Å²) in [4.78, 5) is 22.0. The van der Waals surface area contributed by atoms with Gasteiger partial charge < -0.3 is 29.4 Å². The Morgan fingerprint density at radius 2 is 1.49 bits per heavy atom. The van der Waals surface area contributed by atoms with Crippen molar-refractivity contribution < 1.29 is 37.9 Å². The zero-order chi connectivity index (χ0) is 31.5. The fourth-order valence-corrected chi connectivity index (χ4v) is 6.41. The van der Waals surface area contributed by atoms with E-state index in [1.54, 1.807) is 24.3 Å². The summed E-state index contributed by atoms with van der Waals surface area (Å²) in [6.07, 6.45) is 16.9. The maximum atomic E-state index is 13.0. The number of carbonyl (C=O) groups is 1. The first-order valence-corrected chi connectivity index (χ1v) is 18.2. The third-order valence-corrected chi connectivity index (χ3v) is 8.75. The molecule has 0 spiro atoms. The van der Waals surface area contributed by atoms with E-state index >= 15 is 0 Å². The van der Waals surface area contributed by atoms with Crippen molar-refractivity contribution in [3.63, 3.8) is 0 Å². The molecule has 11 heteroatoms. The van der Waals surface area contributed by atoms with Gasteiger partial charge in [-0.3, -0.25) is 9.69 Å². The number of hydrogen-bond acceptors (Lipinski definition) is 8. The van der Waals surface area contributed by atoms with Crippen molar-refractivity contribution in [2.24, 2.45) is 5.73 Å². The van der Waals surface area contributed by atoms with Crippen molar-refractivity contribution >= 4 is 25.6 Å². The highest BCUT2D eigenvalue weighted by Gasteiger charge is 2.30. The molecule has 0 aliphatic heterocycles. The van der Waals surface area contributed by atoms with Crippen molar-refractivity contribution in [3.8, 4) is 23.0 Å². The Labute approximate surface area is 261 Å². The Hall–Kier alpha value is -2.39. The van der Waals surface area contributed by atoms with Crippen LogP contribution in [0.3, 0.4) is 0 Å². The Balaban J connectivity index is 1.87. The number of phosphoric ester groups is 1. The zero-order valence-corrected chi connectivity index (χ0v) is 27.6. The smallest absolute Gasteiger partial charge is 0.490 e. The van der Waals surface area contributed by atoms with Gasteiger partial charge in [0.1, 0.15) is 11.8 Å².